The van der Waals surface area contributed by atoms with Crippen LogP contribution in [0.2, 0.25) is 0 Å². The summed E-state index contributed by atoms with van der Waals surface area (Å²) in [6.45, 7) is 6.86. The highest BCUT2D eigenvalue weighted by Crippen LogP contribution is 2.55. The highest BCUT2D eigenvalue weighted by atomic mass is 16.6. The fourth-order valence-corrected chi connectivity index (χ4v) is 2.87. The van der Waals surface area contributed by atoms with Gasteiger partial charge in [0.25, 0.3) is 0 Å². The lowest BCUT2D eigenvalue weighted by Gasteiger charge is -2.34. The number of rotatable bonds is 2. The molecule has 1 saturated heterocycles. The van der Waals surface area contributed by atoms with E-state index in [0.29, 0.717) is 23.9 Å². The Morgan fingerprint density at radius 3 is 2.69 bits per heavy atom. The van der Waals surface area contributed by atoms with Crippen molar-refractivity contribution in [2.45, 2.75) is 58.2 Å². The Hall–Kier alpha value is -0.570. The summed E-state index contributed by atoms with van der Waals surface area (Å²) in [7, 11) is 1.44. The number of esters is 1. The molecule has 0 unspecified atom stereocenters. The Labute approximate surface area is 97.5 Å². The maximum Gasteiger partial charge on any atom is 0.308 e. The minimum absolute atomic E-state index is 0.142. The molecule has 0 aromatic carbocycles. The second kappa shape index (κ2) is 3.73. The van der Waals surface area contributed by atoms with E-state index in [4.69, 9.17) is 9.47 Å². The predicted octanol–water partition coefficient (Wildman–Crippen LogP) is 2.53. The van der Waals surface area contributed by atoms with Gasteiger partial charge in [0.15, 0.2) is 0 Å². The third-order valence-electron chi connectivity index (χ3n) is 4.22. The normalized spacial score (nSPS) is 37.8. The molecule has 0 spiro atoms. The Morgan fingerprint density at radius 2 is 2.19 bits per heavy atom. The SMILES string of the molecule is COC(=O)C[C@]12CC[C@H](C(C)(C)C)C[C@H]1O2. The van der Waals surface area contributed by atoms with Gasteiger partial charge < -0.3 is 9.47 Å². The Morgan fingerprint density at radius 1 is 1.50 bits per heavy atom. The molecule has 2 aliphatic rings. The summed E-state index contributed by atoms with van der Waals surface area (Å²) >= 11 is 0. The van der Waals surface area contributed by atoms with Crippen molar-refractivity contribution in [3.8, 4) is 0 Å². The van der Waals surface area contributed by atoms with E-state index in [1.165, 1.54) is 7.11 Å². The largest absolute Gasteiger partial charge is 0.469 e. The van der Waals surface area contributed by atoms with E-state index in [0.717, 1.165) is 19.3 Å². The fourth-order valence-electron chi connectivity index (χ4n) is 2.87. The van der Waals surface area contributed by atoms with Crippen LogP contribution in [0, 0.1) is 11.3 Å². The molecular weight excluding hydrogens is 204 g/mol. The topological polar surface area (TPSA) is 38.8 Å². The highest BCUT2D eigenvalue weighted by molar-refractivity contribution is 5.71. The van der Waals surface area contributed by atoms with Crippen LogP contribution in [0.25, 0.3) is 0 Å². The van der Waals surface area contributed by atoms with Crippen LogP contribution in [0.15, 0.2) is 0 Å². The summed E-state index contributed by atoms with van der Waals surface area (Å²) in [4.78, 5) is 11.3. The van der Waals surface area contributed by atoms with Gasteiger partial charge in [-0.3, -0.25) is 4.79 Å². The van der Waals surface area contributed by atoms with Crippen molar-refractivity contribution in [1.82, 2.24) is 0 Å². The first-order valence-electron chi connectivity index (χ1n) is 6.12. The minimum atomic E-state index is -0.158. The van der Waals surface area contributed by atoms with E-state index in [1.54, 1.807) is 0 Å². The van der Waals surface area contributed by atoms with Gasteiger partial charge in [0, 0.05) is 0 Å². The number of methoxy groups -OCH3 is 1. The van der Waals surface area contributed by atoms with E-state index < -0.39 is 0 Å². The maximum atomic E-state index is 11.3. The fraction of sp³-hybridized carbons (Fsp3) is 0.923. The first-order valence-corrected chi connectivity index (χ1v) is 6.12. The van der Waals surface area contributed by atoms with Gasteiger partial charge in [-0.25, -0.2) is 0 Å². The van der Waals surface area contributed by atoms with Crippen molar-refractivity contribution >= 4 is 5.97 Å². The molecule has 3 heteroatoms. The van der Waals surface area contributed by atoms with Crippen LogP contribution in [0.1, 0.15) is 46.5 Å². The minimum Gasteiger partial charge on any atom is -0.469 e. The summed E-state index contributed by atoms with van der Waals surface area (Å²) in [6, 6.07) is 0. The molecule has 1 heterocycles. The van der Waals surface area contributed by atoms with Crippen LogP contribution in [0.3, 0.4) is 0 Å². The van der Waals surface area contributed by atoms with Gasteiger partial charge in [-0.2, -0.15) is 0 Å². The van der Waals surface area contributed by atoms with Crippen molar-refractivity contribution in [1.29, 1.82) is 0 Å². The summed E-state index contributed by atoms with van der Waals surface area (Å²) in [5, 5.41) is 0. The molecule has 16 heavy (non-hydrogen) atoms. The molecule has 0 aromatic heterocycles. The van der Waals surface area contributed by atoms with Crippen LogP contribution in [-0.2, 0) is 14.3 Å². The molecule has 1 saturated carbocycles. The zero-order valence-electron chi connectivity index (χ0n) is 10.7. The van der Waals surface area contributed by atoms with E-state index >= 15 is 0 Å². The molecule has 1 aliphatic carbocycles. The molecule has 1 aliphatic heterocycles. The number of ether oxygens (including phenoxy) is 2. The van der Waals surface area contributed by atoms with Crippen molar-refractivity contribution in [3.63, 3.8) is 0 Å². The molecule has 0 N–H and O–H groups in total. The molecule has 3 nitrogen and oxygen atoms in total. The third kappa shape index (κ3) is 2.10. The molecule has 0 radical (unpaired) electrons. The van der Waals surface area contributed by atoms with Crippen LogP contribution in [-0.4, -0.2) is 24.8 Å². The van der Waals surface area contributed by atoms with Gasteiger partial charge in [-0.05, 0) is 30.6 Å². The standard InChI is InChI=1S/C13H22O3/c1-12(2,3)9-5-6-13(8-11(14)15-4)10(7-9)16-13/h9-10H,5-8H2,1-4H3/t9-,10+,13+/m0/s1. The van der Waals surface area contributed by atoms with Gasteiger partial charge in [0.1, 0.15) is 5.60 Å². The van der Waals surface area contributed by atoms with Crippen molar-refractivity contribution in [3.05, 3.63) is 0 Å². The molecule has 0 aromatic rings. The maximum absolute atomic E-state index is 11.3. The van der Waals surface area contributed by atoms with Crippen LogP contribution in [0.4, 0.5) is 0 Å². The highest BCUT2D eigenvalue weighted by Gasteiger charge is 2.60. The Bertz CT molecular complexity index is 292. The van der Waals surface area contributed by atoms with Gasteiger partial charge in [0.2, 0.25) is 0 Å². The van der Waals surface area contributed by atoms with E-state index in [1.807, 2.05) is 0 Å². The van der Waals surface area contributed by atoms with Crippen LogP contribution >= 0.6 is 0 Å². The average molecular weight is 226 g/mol. The molecule has 2 fully saturated rings. The van der Waals surface area contributed by atoms with E-state index in [-0.39, 0.29) is 11.6 Å². The second-order valence-corrected chi connectivity index (χ2v) is 6.26. The Kier molecular flexibility index (Phi) is 2.77. The van der Waals surface area contributed by atoms with Gasteiger partial charge in [-0.15, -0.1) is 0 Å². The lowest BCUT2D eigenvalue weighted by molar-refractivity contribution is -0.142. The Balaban J connectivity index is 1.92. The molecular formula is C13H22O3. The lowest BCUT2D eigenvalue weighted by Crippen LogP contribution is -2.32. The third-order valence-corrected chi connectivity index (χ3v) is 4.22. The number of hydrogen-bond donors (Lipinski definition) is 0. The molecule has 0 bridgehead atoms. The van der Waals surface area contributed by atoms with E-state index in [9.17, 15) is 4.79 Å². The summed E-state index contributed by atoms with van der Waals surface area (Å²) < 4.78 is 10.5. The van der Waals surface area contributed by atoms with E-state index in [2.05, 4.69) is 20.8 Å². The molecule has 2 rings (SSSR count). The first-order chi connectivity index (χ1) is 7.37. The van der Waals surface area contributed by atoms with Crippen molar-refractivity contribution in [2.75, 3.05) is 7.11 Å². The second-order valence-electron chi connectivity index (χ2n) is 6.26. The average Bonchev–Trinajstić information content (AvgIpc) is 2.88. The van der Waals surface area contributed by atoms with Crippen LogP contribution in [0.5, 0.6) is 0 Å². The number of carbonyl (C=O) groups excluding carboxylic acids is 1. The smallest absolute Gasteiger partial charge is 0.308 e. The molecule has 3 atom stereocenters. The first kappa shape index (κ1) is 11.9. The summed E-state index contributed by atoms with van der Waals surface area (Å²) in [5.41, 5.74) is 0.193. The molecule has 92 valence electrons. The monoisotopic (exact) mass is 226 g/mol. The van der Waals surface area contributed by atoms with Gasteiger partial charge >= 0.3 is 5.97 Å². The zero-order valence-corrected chi connectivity index (χ0v) is 10.7. The zero-order chi connectivity index (χ0) is 12.0. The number of fused-ring (bicyclic) bond motifs is 1. The summed E-state index contributed by atoms with van der Waals surface area (Å²) in [5.74, 6) is 0.572. The number of hydrogen-bond acceptors (Lipinski definition) is 3. The number of epoxide rings is 1. The van der Waals surface area contributed by atoms with Crippen LogP contribution < -0.4 is 0 Å². The van der Waals surface area contributed by atoms with Gasteiger partial charge in [0.05, 0.1) is 19.6 Å². The van der Waals surface area contributed by atoms with Crippen molar-refractivity contribution in [2.24, 2.45) is 11.3 Å². The quantitative estimate of drug-likeness (QED) is 0.536. The predicted molar refractivity (Wildman–Crippen MR) is 61.0 cm³/mol. The number of carbonyl (C=O) groups is 1. The summed E-state index contributed by atoms with van der Waals surface area (Å²) in [6.07, 6.45) is 4.00. The van der Waals surface area contributed by atoms with Crippen molar-refractivity contribution < 1.29 is 14.3 Å². The van der Waals surface area contributed by atoms with Gasteiger partial charge in [-0.1, -0.05) is 20.8 Å². The molecule has 0 amide bonds. The lowest BCUT2D eigenvalue weighted by atomic mass is 9.69.